The number of rotatable bonds is 4. The first-order valence-corrected chi connectivity index (χ1v) is 14.6. The SMILES string of the molecule is CC1CCN(S(=O)(=O)c2ccc3c(c2)N(CC(=O)N2CCc4ccccc42)C(=O)CC(C)S3)CC1. The van der Waals surface area contributed by atoms with Gasteiger partial charge in [-0.1, -0.05) is 32.0 Å². The van der Waals surface area contributed by atoms with Crippen molar-refractivity contribution in [2.24, 2.45) is 5.92 Å². The van der Waals surface area contributed by atoms with Crippen molar-refractivity contribution in [3.05, 3.63) is 48.0 Å². The highest BCUT2D eigenvalue weighted by Crippen LogP contribution is 2.40. The van der Waals surface area contributed by atoms with Crippen LogP contribution in [0.2, 0.25) is 0 Å². The number of benzene rings is 2. The van der Waals surface area contributed by atoms with Crippen molar-refractivity contribution in [3.63, 3.8) is 0 Å². The summed E-state index contributed by atoms with van der Waals surface area (Å²) in [6.45, 7) is 5.60. The van der Waals surface area contributed by atoms with Crippen LogP contribution >= 0.6 is 11.8 Å². The second kappa shape index (κ2) is 9.59. The minimum absolute atomic E-state index is 0.0277. The molecule has 1 unspecified atom stereocenters. The average Bonchev–Trinajstić information content (AvgIpc) is 3.22. The van der Waals surface area contributed by atoms with Crippen LogP contribution in [-0.2, 0) is 26.0 Å². The molecule has 3 heterocycles. The summed E-state index contributed by atoms with van der Waals surface area (Å²) in [4.78, 5) is 30.9. The summed E-state index contributed by atoms with van der Waals surface area (Å²) >= 11 is 1.55. The van der Waals surface area contributed by atoms with Gasteiger partial charge in [-0.05, 0) is 55.0 Å². The van der Waals surface area contributed by atoms with Crippen molar-refractivity contribution in [3.8, 4) is 0 Å². The summed E-state index contributed by atoms with van der Waals surface area (Å²) in [5, 5.41) is 0.0277. The van der Waals surface area contributed by atoms with Gasteiger partial charge < -0.3 is 9.80 Å². The number of para-hydroxylation sites is 1. The van der Waals surface area contributed by atoms with Crippen LogP contribution in [0.1, 0.15) is 38.7 Å². The van der Waals surface area contributed by atoms with Gasteiger partial charge in [-0.15, -0.1) is 11.8 Å². The third-order valence-corrected chi connectivity index (χ3v) is 10.2. The summed E-state index contributed by atoms with van der Waals surface area (Å²) in [5.41, 5.74) is 2.52. The fraction of sp³-hybridized carbons (Fsp3) is 0.462. The molecular weight excluding hydrogens is 482 g/mol. The van der Waals surface area contributed by atoms with E-state index in [2.05, 4.69) is 6.92 Å². The van der Waals surface area contributed by atoms with Crippen LogP contribution in [-0.4, -0.2) is 56.0 Å². The van der Waals surface area contributed by atoms with Gasteiger partial charge in [-0.2, -0.15) is 4.31 Å². The number of piperidine rings is 1. The smallest absolute Gasteiger partial charge is 0.247 e. The molecule has 1 saturated heterocycles. The Kier molecular flexibility index (Phi) is 6.67. The Morgan fingerprint density at radius 1 is 1.03 bits per heavy atom. The zero-order chi connectivity index (χ0) is 24.7. The third kappa shape index (κ3) is 4.73. The topological polar surface area (TPSA) is 78.0 Å². The number of sulfonamides is 1. The second-order valence-electron chi connectivity index (χ2n) is 9.75. The van der Waals surface area contributed by atoms with Crippen molar-refractivity contribution < 1.29 is 18.0 Å². The molecule has 0 bridgehead atoms. The van der Waals surface area contributed by atoms with Gasteiger partial charge in [0.1, 0.15) is 6.54 Å². The molecule has 2 amide bonds. The molecule has 0 saturated carbocycles. The standard InChI is InChI=1S/C26H31N3O4S2/c1-18-9-12-27(13-10-18)35(32,33)21-7-8-24-23(16-21)29(25(30)15-19(2)34-24)17-26(31)28-14-11-20-5-3-4-6-22(20)28/h3-8,16,18-19H,9-15,17H2,1-2H3. The summed E-state index contributed by atoms with van der Waals surface area (Å²) in [7, 11) is -3.68. The molecule has 3 aliphatic heterocycles. The van der Waals surface area contributed by atoms with E-state index in [1.807, 2.05) is 31.2 Å². The van der Waals surface area contributed by atoms with Crippen LogP contribution in [0.5, 0.6) is 0 Å². The van der Waals surface area contributed by atoms with E-state index in [4.69, 9.17) is 0 Å². The predicted molar refractivity (Wildman–Crippen MR) is 138 cm³/mol. The molecule has 186 valence electrons. The van der Waals surface area contributed by atoms with E-state index in [0.29, 0.717) is 31.2 Å². The van der Waals surface area contributed by atoms with Gasteiger partial charge >= 0.3 is 0 Å². The minimum atomic E-state index is -3.68. The number of hydrogen-bond acceptors (Lipinski definition) is 5. The zero-order valence-corrected chi connectivity index (χ0v) is 21.8. The Balaban J connectivity index is 1.47. The molecule has 7 nitrogen and oxygen atoms in total. The van der Waals surface area contributed by atoms with Crippen LogP contribution < -0.4 is 9.80 Å². The molecule has 0 aromatic heterocycles. The number of hydrogen-bond donors (Lipinski definition) is 0. The molecule has 1 fully saturated rings. The van der Waals surface area contributed by atoms with Crippen LogP contribution in [0.25, 0.3) is 0 Å². The molecule has 1 atom stereocenters. The first-order chi connectivity index (χ1) is 16.7. The maximum absolute atomic E-state index is 13.4. The molecule has 0 radical (unpaired) electrons. The molecular formula is C26H31N3O4S2. The Labute approximate surface area is 211 Å². The highest BCUT2D eigenvalue weighted by molar-refractivity contribution is 8.00. The van der Waals surface area contributed by atoms with Gasteiger partial charge in [0.05, 0.1) is 10.6 Å². The first-order valence-electron chi connectivity index (χ1n) is 12.2. The van der Waals surface area contributed by atoms with Crippen molar-refractivity contribution in [2.45, 2.75) is 54.6 Å². The number of thioether (sulfide) groups is 1. The number of anilines is 2. The lowest BCUT2D eigenvalue weighted by Crippen LogP contribution is -2.43. The van der Waals surface area contributed by atoms with Gasteiger partial charge in [0.25, 0.3) is 0 Å². The van der Waals surface area contributed by atoms with Crippen molar-refractivity contribution in [2.75, 3.05) is 36.0 Å². The van der Waals surface area contributed by atoms with Crippen LogP contribution in [0.15, 0.2) is 52.3 Å². The molecule has 5 rings (SSSR count). The Bertz CT molecular complexity index is 1250. The molecule has 0 aliphatic carbocycles. The minimum Gasteiger partial charge on any atom is -0.310 e. The van der Waals surface area contributed by atoms with Crippen LogP contribution in [0.4, 0.5) is 11.4 Å². The van der Waals surface area contributed by atoms with Gasteiger partial charge in [0.15, 0.2) is 0 Å². The summed E-state index contributed by atoms with van der Waals surface area (Å²) in [6, 6.07) is 12.8. The van der Waals surface area contributed by atoms with Gasteiger partial charge in [-0.25, -0.2) is 8.42 Å². The Morgan fingerprint density at radius 3 is 2.54 bits per heavy atom. The Hall–Kier alpha value is -2.36. The fourth-order valence-corrected chi connectivity index (χ4v) is 7.67. The second-order valence-corrected chi connectivity index (χ2v) is 13.2. The molecule has 3 aliphatic rings. The van der Waals surface area contributed by atoms with E-state index in [1.165, 1.54) is 4.90 Å². The number of fused-ring (bicyclic) bond motifs is 2. The van der Waals surface area contributed by atoms with Crippen molar-refractivity contribution in [1.29, 1.82) is 0 Å². The highest BCUT2D eigenvalue weighted by atomic mass is 32.2. The third-order valence-electron chi connectivity index (χ3n) is 7.17. The molecule has 2 aromatic carbocycles. The van der Waals surface area contributed by atoms with Gasteiger partial charge in [0, 0.05) is 41.9 Å². The number of carbonyl (C=O) groups is 2. The van der Waals surface area contributed by atoms with Crippen LogP contribution in [0.3, 0.4) is 0 Å². The van der Waals surface area contributed by atoms with Crippen molar-refractivity contribution in [1.82, 2.24) is 4.31 Å². The lowest BCUT2D eigenvalue weighted by atomic mass is 10.0. The molecule has 0 N–H and O–H groups in total. The van der Waals surface area contributed by atoms with E-state index < -0.39 is 10.0 Å². The number of amides is 2. The molecule has 0 spiro atoms. The lowest BCUT2D eigenvalue weighted by Gasteiger charge is -2.30. The van der Waals surface area contributed by atoms with Crippen molar-refractivity contribution >= 4 is 45.0 Å². The fourth-order valence-electron chi connectivity index (χ4n) is 5.08. The maximum atomic E-state index is 13.4. The summed E-state index contributed by atoms with van der Waals surface area (Å²) < 4.78 is 28.4. The van der Waals surface area contributed by atoms with E-state index in [-0.39, 0.29) is 34.9 Å². The van der Waals surface area contributed by atoms with E-state index in [9.17, 15) is 18.0 Å². The number of carbonyl (C=O) groups excluding carboxylic acids is 2. The average molecular weight is 514 g/mol. The lowest BCUT2D eigenvalue weighted by molar-refractivity contribution is -0.122. The normalized spacial score (nSPS) is 21.5. The largest absolute Gasteiger partial charge is 0.310 e. The van der Waals surface area contributed by atoms with Crippen LogP contribution in [0, 0.1) is 5.92 Å². The number of nitrogens with zero attached hydrogens (tertiary/aromatic N) is 3. The van der Waals surface area contributed by atoms with E-state index >= 15 is 0 Å². The first kappa shape index (κ1) is 24.3. The van der Waals surface area contributed by atoms with Gasteiger partial charge in [-0.3, -0.25) is 9.59 Å². The van der Waals surface area contributed by atoms with Gasteiger partial charge in [0.2, 0.25) is 21.8 Å². The summed E-state index contributed by atoms with van der Waals surface area (Å²) in [5.74, 6) is 0.194. The quantitative estimate of drug-likeness (QED) is 0.620. The van der Waals surface area contributed by atoms with E-state index in [1.54, 1.807) is 39.2 Å². The monoisotopic (exact) mass is 513 g/mol. The summed E-state index contributed by atoms with van der Waals surface area (Å²) in [6.07, 6.45) is 2.76. The molecule has 2 aromatic rings. The zero-order valence-electron chi connectivity index (χ0n) is 20.1. The Morgan fingerprint density at radius 2 is 1.77 bits per heavy atom. The van der Waals surface area contributed by atoms with E-state index in [0.717, 1.165) is 35.4 Å². The maximum Gasteiger partial charge on any atom is 0.247 e. The predicted octanol–water partition coefficient (Wildman–Crippen LogP) is 3.91. The highest BCUT2D eigenvalue weighted by Gasteiger charge is 2.34. The molecule has 35 heavy (non-hydrogen) atoms. The molecule has 9 heteroatoms.